The Morgan fingerprint density at radius 1 is 1.06 bits per heavy atom. The number of benzene rings is 2. The lowest BCUT2D eigenvalue weighted by Crippen LogP contribution is -2.27. The highest BCUT2D eigenvalue weighted by molar-refractivity contribution is 6.30. The fourth-order valence-electron chi connectivity index (χ4n) is 3.43. The van der Waals surface area contributed by atoms with E-state index < -0.39 is 0 Å². The van der Waals surface area contributed by atoms with Crippen LogP contribution in [0.1, 0.15) is 29.0 Å². The van der Waals surface area contributed by atoms with E-state index in [0.29, 0.717) is 27.8 Å². The van der Waals surface area contributed by atoms with Crippen LogP contribution in [0, 0.1) is 0 Å². The molecule has 0 fully saturated rings. The summed E-state index contributed by atoms with van der Waals surface area (Å²) < 4.78 is 12.3. The minimum atomic E-state index is -0.364. The number of rotatable bonds is 7. The SMILES string of the molecule is COc1ccc(C(C)NC(=O)c2nnn(-c3ccc(Cl)cc3)c2-c2cccnc2)cc1OC. The summed E-state index contributed by atoms with van der Waals surface area (Å²) in [7, 11) is 3.15. The molecule has 0 bridgehead atoms. The van der Waals surface area contributed by atoms with Gasteiger partial charge in [-0.15, -0.1) is 5.10 Å². The summed E-state index contributed by atoms with van der Waals surface area (Å²) in [4.78, 5) is 17.5. The first-order valence-corrected chi connectivity index (χ1v) is 10.5. The number of carbonyl (C=O) groups excluding carboxylic acids is 1. The van der Waals surface area contributed by atoms with Gasteiger partial charge in [-0.2, -0.15) is 0 Å². The second kappa shape index (κ2) is 9.70. The molecule has 0 aliphatic carbocycles. The molecule has 4 aromatic rings. The lowest BCUT2D eigenvalue weighted by Gasteiger charge is -2.16. The van der Waals surface area contributed by atoms with E-state index in [1.807, 2.05) is 37.3 Å². The molecule has 0 aliphatic heterocycles. The standard InChI is InChI=1S/C24H22ClN5O3/c1-15(16-6-11-20(32-2)21(13-16)33-3)27-24(31)22-23(17-5-4-12-26-14-17)30(29-28-22)19-9-7-18(25)8-10-19/h4-15H,1-3H3,(H,27,31). The van der Waals surface area contributed by atoms with Crippen molar-refractivity contribution in [2.24, 2.45) is 0 Å². The maximum Gasteiger partial charge on any atom is 0.274 e. The first-order chi connectivity index (χ1) is 16.0. The van der Waals surface area contributed by atoms with Crippen LogP contribution in [-0.4, -0.2) is 40.1 Å². The van der Waals surface area contributed by atoms with Gasteiger partial charge in [-0.3, -0.25) is 9.78 Å². The van der Waals surface area contributed by atoms with Gasteiger partial charge in [0.25, 0.3) is 5.91 Å². The second-order valence-corrected chi connectivity index (χ2v) is 7.66. The molecular formula is C24H22ClN5O3. The molecule has 0 radical (unpaired) electrons. The summed E-state index contributed by atoms with van der Waals surface area (Å²) in [5.41, 5.74) is 3.00. The molecular weight excluding hydrogens is 442 g/mol. The number of nitrogens with one attached hydrogen (secondary N) is 1. The predicted molar refractivity (Wildman–Crippen MR) is 125 cm³/mol. The molecule has 1 atom stereocenters. The molecule has 4 rings (SSSR count). The average Bonchev–Trinajstić information content (AvgIpc) is 3.30. The Bertz CT molecular complexity index is 1260. The minimum absolute atomic E-state index is 0.185. The van der Waals surface area contributed by atoms with E-state index >= 15 is 0 Å². The van der Waals surface area contributed by atoms with Crippen LogP contribution >= 0.6 is 11.6 Å². The van der Waals surface area contributed by atoms with Crippen molar-refractivity contribution < 1.29 is 14.3 Å². The van der Waals surface area contributed by atoms with Gasteiger partial charge >= 0.3 is 0 Å². The fraction of sp³-hybridized carbons (Fsp3) is 0.167. The number of ether oxygens (including phenoxy) is 2. The van der Waals surface area contributed by atoms with Gasteiger partial charge in [-0.1, -0.05) is 22.9 Å². The maximum absolute atomic E-state index is 13.3. The van der Waals surface area contributed by atoms with Crippen LogP contribution in [0.5, 0.6) is 11.5 Å². The van der Waals surface area contributed by atoms with E-state index in [-0.39, 0.29) is 17.6 Å². The first-order valence-electron chi connectivity index (χ1n) is 10.2. The van der Waals surface area contributed by atoms with E-state index in [4.69, 9.17) is 21.1 Å². The lowest BCUT2D eigenvalue weighted by molar-refractivity contribution is 0.0935. The third-order valence-electron chi connectivity index (χ3n) is 5.15. The summed E-state index contributed by atoms with van der Waals surface area (Å²) in [5, 5.41) is 12.0. The zero-order valence-corrected chi connectivity index (χ0v) is 19.1. The molecule has 8 nitrogen and oxygen atoms in total. The number of halogens is 1. The van der Waals surface area contributed by atoms with Crippen LogP contribution < -0.4 is 14.8 Å². The Morgan fingerprint density at radius 2 is 1.82 bits per heavy atom. The van der Waals surface area contributed by atoms with Crippen molar-refractivity contribution in [2.45, 2.75) is 13.0 Å². The third-order valence-corrected chi connectivity index (χ3v) is 5.40. The van der Waals surface area contributed by atoms with Gasteiger partial charge in [0.2, 0.25) is 0 Å². The molecule has 1 unspecified atom stereocenters. The number of hydrogen-bond donors (Lipinski definition) is 1. The largest absolute Gasteiger partial charge is 0.493 e. The fourth-order valence-corrected chi connectivity index (χ4v) is 3.56. The van der Waals surface area contributed by atoms with Crippen LogP contribution in [0.15, 0.2) is 67.0 Å². The summed E-state index contributed by atoms with van der Waals surface area (Å²) in [5.74, 6) is 0.835. The summed E-state index contributed by atoms with van der Waals surface area (Å²) in [6.45, 7) is 1.88. The molecule has 0 spiro atoms. The Morgan fingerprint density at radius 3 is 2.48 bits per heavy atom. The number of amides is 1. The van der Waals surface area contributed by atoms with Gasteiger partial charge in [-0.05, 0) is 61.0 Å². The summed E-state index contributed by atoms with van der Waals surface area (Å²) >= 11 is 6.03. The molecule has 1 amide bonds. The van der Waals surface area contributed by atoms with E-state index in [2.05, 4.69) is 20.6 Å². The summed E-state index contributed by atoms with van der Waals surface area (Å²) in [6, 6.07) is 16.0. The van der Waals surface area contributed by atoms with Gasteiger partial charge in [0.15, 0.2) is 17.2 Å². The van der Waals surface area contributed by atoms with E-state index in [0.717, 1.165) is 11.3 Å². The Hall–Kier alpha value is -3.91. The molecule has 0 saturated heterocycles. The molecule has 2 aromatic carbocycles. The molecule has 2 aromatic heterocycles. The highest BCUT2D eigenvalue weighted by Crippen LogP contribution is 2.30. The minimum Gasteiger partial charge on any atom is -0.493 e. The van der Waals surface area contributed by atoms with Crippen molar-refractivity contribution >= 4 is 17.5 Å². The first kappa shape index (κ1) is 22.3. The number of hydrogen-bond acceptors (Lipinski definition) is 6. The van der Waals surface area contributed by atoms with Crippen molar-refractivity contribution in [3.8, 4) is 28.4 Å². The van der Waals surface area contributed by atoms with Gasteiger partial charge in [-0.25, -0.2) is 4.68 Å². The highest BCUT2D eigenvalue weighted by Gasteiger charge is 2.24. The molecule has 9 heteroatoms. The van der Waals surface area contributed by atoms with Crippen LogP contribution in [-0.2, 0) is 0 Å². The Balaban J connectivity index is 1.68. The van der Waals surface area contributed by atoms with Crippen molar-refractivity contribution in [3.05, 3.63) is 83.3 Å². The van der Waals surface area contributed by atoms with Crippen molar-refractivity contribution in [3.63, 3.8) is 0 Å². The number of nitrogens with zero attached hydrogens (tertiary/aromatic N) is 4. The van der Waals surface area contributed by atoms with Gasteiger partial charge in [0.1, 0.15) is 5.69 Å². The zero-order chi connectivity index (χ0) is 23.4. The zero-order valence-electron chi connectivity index (χ0n) is 18.3. The van der Waals surface area contributed by atoms with Gasteiger partial charge in [0.05, 0.1) is 25.9 Å². The van der Waals surface area contributed by atoms with E-state index in [1.165, 1.54) is 0 Å². The molecule has 168 valence electrons. The third kappa shape index (κ3) is 4.65. The van der Waals surface area contributed by atoms with Crippen molar-refractivity contribution in [1.29, 1.82) is 0 Å². The second-order valence-electron chi connectivity index (χ2n) is 7.23. The summed E-state index contributed by atoms with van der Waals surface area (Å²) in [6.07, 6.45) is 3.33. The number of aromatic nitrogens is 4. The van der Waals surface area contributed by atoms with E-state index in [9.17, 15) is 4.79 Å². The van der Waals surface area contributed by atoms with Crippen LogP contribution in [0.25, 0.3) is 16.9 Å². The Kier molecular flexibility index (Phi) is 6.55. The van der Waals surface area contributed by atoms with Crippen molar-refractivity contribution in [1.82, 2.24) is 25.3 Å². The highest BCUT2D eigenvalue weighted by atomic mass is 35.5. The monoisotopic (exact) mass is 463 g/mol. The smallest absolute Gasteiger partial charge is 0.274 e. The molecule has 33 heavy (non-hydrogen) atoms. The van der Waals surface area contributed by atoms with Crippen LogP contribution in [0.4, 0.5) is 0 Å². The molecule has 0 aliphatic rings. The Labute approximate surface area is 196 Å². The molecule has 2 heterocycles. The average molecular weight is 464 g/mol. The molecule has 1 N–H and O–H groups in total. The van der Waals surface area contributed by atoms with Gasteiger partial charge < -0.3 is 14.8 Å². The van der Waals surface area contributed by atoms with Crippen molar-refractivity contribution in [2.75, 3.05) is 14.2 Å². The van der Waals surface area contributed by atoms with Crippen LogP contribution in [0.2, 0.25) is 5.02 Å². The maximum atomic E-state index is 13.3. The normalized spacial score (nSPS) is 11.6. The number of methoxy groups -OCH3 is 2. The van der Waals surface area contributed by atoms with Gasteiger partial charge in [0, 0.05) is 23.0 Å². The van der Waals surface area contributed by atoms with Crippen LogP contribution in [0.3, 0.4) is 0 Å². The number of carbonyl (C=O) groups is 1. The number of pyridine rings is 1. The topological polar surface area (TPSA) is 91.2 Å². The van der Waals surface area contributed by atoms with E-state index in [1.54, 1.807) is 55.6 Å². The molecule has 0 saturated carbocycles. The predicted octanol–water partition coefficient (Wildman–Crippen LogP) is 4.49. The quantitative estimate of drug-likeness (QED) is 0.434. The lowest BCUT2D eigenvalue weighted by atomic mass is 10.1.